The molecule has 0 bridgehead atoms. The van der Waals surface area contributed by atoms with Crippen molar-refractivity contribution in [2.24, 2.45) is 0 Å². The predicted molar refractivity (Wildman–Crippen MR) is 119 cm³/mol. The molecular weight excluding hydrogens is 441 g/mol. The van der Waals surface area contributed by atoms with Crippen LogP contribution in [0.3, 0.4) is 0 Å². The van der Waals surface area contributed by atoms with E-state index in [0.717, 1.165) is 67.0 Å². The van der Waals surface area contributed by atoms with Crippen LogP contribution in [-0.2, 0) is 11.2 Å². The van der Waals surface area contributed by atoms with E-state index in [1.54, 1.807) is 6.07 Å². The molecule has 3 heterocycles. The van der Waals surface area contributed by atoms with Gasteiger partial charge in [0.1, 0.15) is 16.9 Å². The van der Waals surface area contributed by atoms with Crippen LogP contribution in [0.25, 0.3) is 17.0 Å². The fourth-order valence-corrected chi connectivity index (χ4v) is 3.86. The molecule has 1 fully saturated rings. The van der Waals surface area contributed by atoms with Gasteiger partial charge in [0.05, 0.1) is 11.1 Å². The third kappa shape index (κ3) is 5.68. The summed E-state index contributed by atoms with van der Waals surface area (Å²) in [4.78, 5) is 23.4. The summed E-state index contributed by atoms with van der Waals surface area (Å²) < 4.78 is 43.7. The Labute approximate surface area is 188 Å². The molecule has 0 aliphatic carbocycles. The van der Waals surface area contributed by atoms with E-state index in [0.29, 0.717) is 5.58 Å². The molecule has 2 aliphatic rings. The molecule has 2 N–H and O–H groups in total. The molecular formula is C23H27F3N2O5. The fraction of sp³-hybridized carbons (Fsp3) is 0.478. The van der Waals surface area contributed by atoms with Gasteiger partial charge < -0.3 is 24.5 Å². The maximum atomic E-state index is 12.1. The summed E-state index contributed by atoms with van der Waals surface area (Å²) in [5, 5.41) is 11.5. The summed E-state index contributed by atoms with van der Waals surface area (Å²) in [6.45, 7) is 9.96. The van der Waals surface area contributed by atoms with Gasteiger partial charge in [0.2, 0.25) is 0 Å². The second-order valence-corrected chi connectivity index (χ2v) is 8.43. The van der Waals surface area contributed by atoms with Crippen LogP contribution >= 0.6 is 0 Å². The van der Waals surface area contributed by atoms with Gasteiger partial charge in [0.25, 0.3) is 0 Å². The Morgan fingerprint density at radius 1 is 1.24 bits per heavy atom. The number of nitrogens with zero attached hydrogens (tertiary/aromatic N) is 1. The first-order valence-corrected chi connectivity index (χ1v) is 10.7. The molecule has 1 aromatic carbocycles. The molecule has 1 saturated heterocycles. The van der Waals surface area contributed by atoms with Crippen molar-refractivity contribution in [1.82, 2.24) is 5.32 Å². The number of nitrogens with one attached hydrogen (secondary N) is 1. The van der Waals surface area contributed by atoms with Crippen LogP contribution in [0, 0.1) is 0 Å². The Morgan fingerprint density at radius 2 is 1.88 bits per heavy atom. The average Bonchev–Trinajstić information content (AvgIpc) is 2.72. The largest absolute Gasteiger partial charge is 0.490 e. The number of aryl methyl sites for hydroxylation is 1. The zero-order valence-electron chi connectivity index (χ0n) is 18.7. The van der Waals surface area contributed by atoms with Crippen molar-refractivity contribution >= 4 is 28.7 Å². The minimum atomic E-state index is -5.08. The molecule has 0 radical (unpaired) electrons. The topological polar surface area (TPSA) is 92.0 Å². The number of fused-ring (bicyclic) bond motifs is 3. The van der Waals surface area contributed by atoms with E-state index < -0.39 is 12.1 Å². The molecule has 1 aromatic heterocycles. The summed E-state index contributed by atoms with van der Waals surface area (Å²) in [5.74, 6) is -1.91. The van der Waals surface area contributed by atoms with E-state index in [4.69, 9.17) is 19.1 Å². The number of ether oxygens (including phenoxy) is 1. The molecule has 0 atom stereocenters. The van der Waals surface area contributed by atoms with Crippen LogP contribution in [0.5, 0.6) is 5.75 Å². The number of piperazine rings is 1. The maximum Gasteiger partial charge on any atom is 0.490 e. The Kier molecular flexibility index (Phi) is 7.06. The number of halogens is 3. The predicted octanol–water partition coefficient (Wildman–Crippen LogP) is 3.97. The van der Waals surface area contributed by atoms with E-state index >= 15 is 0 Å². The summed E-state index contributed by atoms with van der Waals surface area (Å²) in [6.07, 6.45) is 0.975. The Morgan fingerprint density at radius 3 is 2.45 bits per heavy atom. The lowest BCUT2D eigenvalue weighted by atomic mass is 9.95. The maximum absolute atomic E-state index is 12.1. The average molecular weight is 468 g/mol. The normalized spacial score (nSPS) is 17.1. The minimum absolute atomic E-state index is 0.294. The highest BCUT2D eigenvalue weighted by Gasteiger charge is 2.38. The van der Waals surface area contributed by atoms with Gasteiger partial charge in [-0.2, -0.15) is 13.2 Å². The molecule has 2 aromatic rings. The lowest BCUT2D eigenvalue weighted by Gasteiger charge is -2.35. The highest BCUT2D eigenvalue weighted by molar-refractivity contribution is 5.96. The first-order chi connectivity index (χ1) is 15.4. The third-order valence-electron chi connectivity index (χ3n) is 5.32. The van der Waals surface area contributed by atoms with Crippen LogP contribution in [0.4, 0.5) is 18.9 Å². The number of aliphatic carboxylic acids is 1. The number of carboxylic acids is 1. The molecule has 0 saturated carbocycles. The second kappa shape index (κ2) is 9.46. The molecule has 180 valence electrons. The van der Waals surface area contributed by atoms with Gasteiger partial charge >= 0.3 is 17.8 Å². The first kappa shape index (κ1) is 24.6. The number of hydrogen-bond acceptors (Lipinski definition) is 6. The highest BCUT2D eigenvalue weighted by atomic mass is 19.4. The van der Waals surface area contributed by atoms with Gasteiger partial charge in [-0.05, 0) is 38.0 Å². The zero-order valence-corrected chi connectivity index (χ0v) is 18.7. The molecule has 33 heavy (non-hydrogen) atoms. The smallest absolute Gasteiger partial charge is 0.482 e. The van der Waals surface area contributed by atoms with E-state index in [1.165, 1.54) is 0 Å². The van der Waals surface area contributed by atoms with Gasteiger partial charge in [0.15, 0.2) is 0 Å². The van der Waals surface area contributed by atoms with Crippen LogP contribution in [0.1, 0.15) is 38.3 Å². The summed E-state index contributed by atoms with van der Waals surface area (Å²) in [7, 11) is 0. The van der Waals surface area contributed by atoms with Gasteiger partial charge in [-0.25, -0.2) is 9.59 Å². The van der Waals surface area contributed by atoms with Crippen LogP contribution in [-0.4, -0.2) is 49.0 Å². The molecule has 4 rings (SSSR count). The van der Waals surface area contributed by atoms with E-state index in [-0.39, 0.29) is 11.2 Å². The second-order valence-electron chi connectivity index (χ2n) is 8.43. The minimum Gasteiger partial charge on any atom is -0.482 e. The number of hydrogen-bond donors (Lipinski definition) is 2. The number of benzene rings is 1. The van der Waals surface area contributed by atoms with Crippen LogP contribution < -0.4 is 20.6 Å². The first-order valence-electron chi connectivity index (χ1n) is 10.7. The molecule has 0 spiro atoms. The van der Waals surface area contributed by atoms with Crippen molar-refractivity contribution in [3.63, 3.8) is 0 Å². The standard InChI is InChI=1S/C21H26N2O3.C2HF3O2/c1-4-5-14-12-18(24)25-17-13-16(23-10-8-22-9-11-23)15-6-7-21(2,3)26-20(15)19(14)17;3-2(4,5)1(6)7/h6-7,12-13,22H,4-5,8-11H2,1-3H3;(H,6,7). The zero-order chi connectivity index (χ0) is 24.4. The molecule has 10 heteroatoms. The number of anilines is 1. The number of rotatable bonds is 3. The van der Waals surface area contributed by atoms with Crippen molar-refractivity contribution in [1.29, 1.82) is 0 Å². The van der Waals surface area contributed by atoms with Gasteiger partial charge in [-0.3, -0.25) is 0 Å². The van der Waals surface area contributed by atoms with Gasteiger partial charge in [-0.15, -0.1) is 0 Å². The van der Waals surface area contributed by atoms with Crippen molar-refractivity contribution in [3.8, 4) is 5.75 Å². The lowest BCUT2D eigenvalue weighted by molar-refractivity contribution is -0.192. The Bertz CT molecular complexity index is 1120. The van der Waals surface area contributed by atoms with E-state index in [2.05, 4.69) is 29.3 Å². The van der Waals surface area contributed by atoms with Crippen molar-refractivity contribution in [2.45, 2.75) is 45.4 Å². The van der Waals surface area contributed by atoms with Gasteiger partial charge in [-0.1, -0.05) is 13.3 Å². The fourth-order valence-electron chi connectivity index (χ4n) is 3.86. The summed E-state index contributed by atoms with van der Waals surface area (Å²) in [5.41, 5.74) is 3.12. The molecule has 2 aliphatic heterocycles. The third-order valence-corrected chi connectivity index (χ3v) is 5.32. The highest BCUT2D eigenvalue weighted by Crippen LogP contribution is 2.44. The molecule has 0 unspecified atom stereocenters. The van der Waals surface area contributed by atoms with Crippen molar-refractivity contribution < 1.29 is 32.2 Å². The number of alkyl halides is 3. The Balaban J connectivity index is 0.000000383. The monoisotopic (exact) mass is 468 g/mol. The van der Waals surface area contributed by atoms with Crippen molar-refractivity contribution in [2.75, 3.05) is 31.1 Å². The van der Waals surface area contributed by atoms with Crippen molar-refractivity contribution in [3.05, 3.63) is 39.8 Å². The van der Waals surface area contributed by atoms with Gasteiger partial charge in [0, 0.05) is 43.9 Å². The van der Waals surface area contributed by atoms with E-state index in [9.17, 15) is 18.0 Å². The quantitative estimate of drug-likeness (QED) is 0.659. The molecule has 0 amide bonds. The number of carboxylic acid groups (broad SMARTS) is 1. The summed E-state index contributed by atoms with van der Waals surface area (Å²) in [6, 6.07) is 3.64. The van der Waals surface area contributed by atoms with Crippen LogP contribution in [0.2, 0.25) is 0 Å². The summed E-state index contributed by atoms with van der Waals surface area (Å²) >= 11 is 0. The number of carbonyl (C=O) groups is 1. The Hall–Kier alpha value is -3.01. The van der Waals surface area contributed by atoms with Crippen LogP contribution in [0.15, 0.2) is 27.4 Å². The molecule has 7 nitrogen and oxygen atoms in total. The SMILES string of the molecule is CCCc1cc(=O)oc2cc(N3CCNCC3)c3c(c12)OC(C)(C)C=C3.O=C(O)C(F)(F)F. The van der Waals surface area contributed by atoms with E-state index in [1.807, 2.05) is 19.9 Å². The lowest BCUT2D eigenvalue weighted by Crippen LogP contribution is -2.44.